The van der Waals surface area contributed by atoms with E-state index in [-0.39, 0.29) is 12.5 Å². The van der Waals surface area contributed by atoms with Crippen LogP contribution in [0.5, 0.6) is 0 Å². The van der Waals surface area contributed by atoms with E-state index >= 15 is 0 Å². The number of amides is 1. The van der Waals surface area contributed by atoms with Crippen LogP contribution in [0.1, 0.15) is 31.1 Å². The summed E-state index contributed by atoms with van der Waals surface area (Å²) >= 11 is 1.49. The number of unbranched alkanes of at least 4 members (excludes halogenated alkanes) is 1. The highest BCUT2D eigenvalue weighted by Gasteiger charge is 2.24. The topological polar surface area (TPSA) is 58.6 Å². The van der Waals surface area contributed by atoms with Gasteiger partial charge in [0, 0.05) is 25.0 Å². The molecule has 4 nitrogen and oxygen atoms in total. The molecule has 0 fully saturated rings. The fourth-order valence-corrected chi connectivity index (χ4v) is 2.35. The smallest absolute Gasteiger partial charge is 0.220 e. The molecule has 5 heteroatoms. The van der Waals surface area contributed by atoms with E-state index in [9.17, 15) is 9.90 Å². The molecular formula is C13H21NO3S. The highest BCUT2D eigenvalue weighted by molar-refractivity contribution is 7.10. The molecule has 0 saturated carbocycles. The Balaban J connectivity index is 2.25. The molecule has 0 aliphatic rings. The largest absolute Gasteiger partial charge is 0.385 e. The second-order valence-corrected chi connectivity index (χ2v) is 5.43. The SMILES string of the molecule is COCCCCC(=O)NCC(C)(O)c1cccs1. The second kappa shape index (κ2) is 7.51. The summed E-state index contributed by atoms with van der Waals surface area (Å²) in [7, 11) is 1.65. The predicted octanol–water partition coefficient (Wildman–Crippen LogP) is 1.89. The van der Waals surface area contributed by atoms with Crippen molar-refractivity contribution in [3.63, 3.8) is 0 Å². The second-order valence-electron chi connectivity index (χ2n) is 4.48. The van der Waals surface area contributed by atoms with Crippen LogP contribution in [-0.2, 0) is 15.1 Å². The van der Waals surface area contributed by atoms with Crippen molar-refractivity contribution in [2.75, 3.05) is 20.3 Å². The number of rotatable bonds is 8. The number of thiophene rings is 1. The van der Waals surface area contributed by atoms with Gasteiger partial charge in [0.05, 0.1) is 6.54 Å². The summed E-state index contributed by atoms with van der Waals surface area (Å²) in [5.41, 5.74) is -0.990. The molecule has 0 radical (unpaired) electrons. The first-order valence-electron chi connectivity index (χ1n) is 6.08. The molecule has 0 aromatic carbocycles. The molecule has 0 aliphatic carbocycles. The molecule has 1 unspecified atom stereocenters. The summed E-state index contributed by atoms with van der Waals surface area (Å²) in [5.74, 6) is -0.0251. The molecule has 2 N–H and O–H groups in total. The molecule has 102 valence electrons. The van der Waals surface area contributed by atoms with E-state index in [2.05, 4.69) is 5.32 Å². The van der Waals surface area contributed by atoms with Crippen molar-refractivity contribution in [1.82, 2.24) is 5.32 Å². The van der Waals surface area contributed by atoms with Crippen molar-refractivity contribution in [2.45, 2.75) is 31.8 Å². The lowest BCUT2D eigenvalue weighted by molar-refractivity contribution is -0.122. The van der Waals surface area contributed by atoms with Crippen molar-refractivity contribution in [3.8, 4) is 0 Å². The molecule has 1 rings (SSSR count). The monoisotopic (exact) mass is 271 g/mol. The minimum atomic E-state index is -0.990. The minimum absolute atomic E-state index is 0.0251. The van der Waals surface area contributed by atoms with E-state index in [1.807, 2.05) is 17.5 Å². The van der Waals surface area contributed by atoms with E-state index in [0.29, 0.717) is 13.0 Å². The average Bonchev–Trinajstić information content (AvgIpc) is 2.87. The quantitative estimate of drug-likeness (QED) is 0.710. The molecule has 0 aliphatic heterocycles. The van der Waals surface area contributed by atoms with Gasteiger partial charge in [-0.3, -0.25) is 4.79 Å². The Hall–Kier alpha value is -0.910. The van der Waals surface area contributed by atoms with Crippen LogP contribution in [0.4, 0.5) is 0 Å². The lowest BCUT2D eigenvalue weighted by Crippen LogP contribution is -2.38. The Labute approximate surface area is 112 Å². The lowest BCUT2D eigenvalue weighted by atomic mass is 10.1. The predicted molar refractivity (Wildman–Crippen MR) is 72.6 cm³/mol. The van der Waals surface area contributed by atoms with Gasteiger partial charge in [0.1, 0.15) is 5.60 Å². The first-order valence-corrected chi connectivity index (χ1v) is 6.96. The number of hydrogen-bond acceptors (Lipinski definition) is 4. The third kappa shape index (κ3) is 5.16. The fourth-order valence-electron chi connectivity index (χ4n) is 1.56. The zero-order valence-electron chi connectivity index (χ0n) is 10.9. The number of methoxy groups -OCH3 is 1. The Morgan fingerprint density at radius 1 is 1.56 bits per heavy atom. The average molecular weight is 271 g/mol. The summed E-state index contributed by atoms with van der Waals surface area (Å²) < 4.78 is 4.92. The van der Waals surface area contributed by atoms with Gasteiger partial charge in [-0.05, 0) is 31.2 Å². The Morgan fingerprint density at radius 3 is 2.94 bits per heavy atom. The van der Waals surface area contributed by atoms with E-state index in [1.54, 1.807) is 14.0 Å². The van der Waals surface area contributed by atoms with E-state index < -0.39 is 5.60 Å². The molecule has 1 atom stereocenters. The maximum absolute atomic E-state index is 11.6. The van der Waals surface area contributed by atoms with Crippen LogP contribution >= 0.6 is 11.3 Å². The van der Waals surface area contributed by atoms with Crippen molar-refractivity contribution in [3.05, 3.63) is 22.4 Å². The van der Waals surface area contributed by atoms with E-state index in [0.717, 1.165) is 17.7 Å². The van der Waals surface area contributed by atoms with Crippen LogP contribution in [0.25, 0.3) is 0 Å². The molecule has 1 aromatic rings. The molecule has 0 bridgehead atoms. The Kier molecular flexibility index (Phi) is 6.32. The van der Waals surface area contributed by atoms with Crippen LogP contribution in [0.15, 0.2) is 17.5 Å². The number of carbonyl (C=O) groups is 1. The van der Waals surface area contributed by atoms with Crippen LogP contribution < -0.4 is 5.32 Å². The van der Waals surface area contributed by atoms with E-state index in [1.165, 1.54) is 11.3 Å². The number of aliphatic hydroxyl groups is 1. The van der Waals surface area contributed by atoms with Crippen molar-refractivity contribution in [2.24, 2.45) is 0 Å². The molecule has 0 spiro atoms. The summed E-state index contributed by atoms with van der Waals surface area (Å²) in [6, 6.07) is 3.76. The number of hydrogen-bond donors (Lipinski definition) is 2. The van der Waals surface area contributed by atoms with Gasteiger partial charge in [-0.2, -0.15) is 0 Å². The lowest BCUT2D eigenvalue weighted by Gasteiger charge is -2.22. The first-order chi connectivity index (χ1) is 8.56. The highest BCUT2D eigenvalue weighted by atomic mass is 32.1. The van der Waals surface area contributed by atoms with E-state index in [4.69, 9.17) is 4.74 Å². The fraction of sp³-hybridized carbons (Fsp3) is 0.615. The first kappa shape index (κ1) is 15.1. The summed E-state index contributed by atoms with van der Waals surface area (Å²) in [4.78, 5) is 12.4. The molecule has 0 saturated heterocycles. The van der Waals surface area contributed by atoms with Crippen LogP contribution in [-0.4, -0.2) is 31.3 Å². The van der Waals surface area contributed by atoms with Crippen LogP contribution in [0, 0.1) is 0 Å². The number of nitrogens with one attached hydrogen (secondary N) is 1. The van der Waals surface area contributed by atoms with Gasteiger partial charge in [0.15, 0.2) is 0 Å². The van der Waals surface area contributed by atoms with Crippen LogP contribution in [0.3, 0.4) is 0 Å². The van der Waals surface area contributed by atoms with Crippen molar-refractivity contribution < 1.29 is 14.6 Å². The molecular weight excluding hydrogens is 250 g/mol. The summed E-state index contributed by atoms with van der Waals surface area (Å²) in [6.45, 7) is 2.64. The van der Waals surface area contributed by atoms with Crippen LogP contribution in [0.2, 0.25) is 0 Å². The van der Waals surface area contributed by atoms with Gasteiger partial charge in [0.25, 0.3) is 0 Å². The molecule has 1 amide bonds. The highest BCUT2D eigenvalue weighted by Crippen LogP contribution is 2.24. The molecule has 1 heterocycles. The van der Waals surface area contributed by atoms with Gasteiger partial charge in [-0.25, -0.2) is 0 Å². The molecule has 18 heavy (non-hydrogen) atoms. The zero-order valence-corrected chi connectivity index (χ0v) is 11.8. The zero-order chi connectivity index (χ0) is 13.4. The Bertz CT molecular complexity index is 349. The normalized spacial score (nSPS) is 14.2. The third-order valence-electron chi connectivity index (χ3n) is 2.68. The summed E-state index contributed by atoms with van der Waals surface area (Å²) in [5, 5.41) is 14.9. The molecule has 1 aromatic heterocycles. The minimum Gasteiger partial charge on any atom is -0.385 e. The number of carbonyl (C=O) groups excluding carboxylic acids is 1. The van der Waals surface area contributed by atoms with Crippen molar-refractivity contribution in [1.29, 1.82) is 0 Å². The van der Waals surface area contributed by atoms with Gasteiger partial charge >= 0.3 is 0 Å². The van der Waals surface area contributed by atoms with Crippen molar-refractivity contribution >= 4 is 17.2 Å². The third-order valence-corrected chi connectivity index (χ3v) is 3.81. The standard InChI is InChI=1S/C13H21NO3S/c1-13(16,11-6-5-9-18-11)10-14-12(15)7-3-4-8-17-2/h5-6,9,16H,3-4,7-8,10H2,1-2H3,(H,14,15). The van der Waals surface area contributed by atoms with Gasteiger partial charge in [-0.1, -0.05) is 6.07 Å². The maximum atomic E-state index is 11.6. The van der Waals surface area contributed by atoms with Gasteiger partial charge in [-0.15, -0.1) is 11.3 Å². The van der Waals surface area contributed by atoms with Gasteiger partial charge < -0.3 is 15.2 Å². The van der Waals surface area contributed by atoms with Gasteiger partial charge in [0.2, 0.25) is 5.91 Å². The Morgan fingerprint density at radius 2 is 2.33 bits per heavy atom. The number of ether oxygens (including phenoxy) is 1. The summed E-state index contributed by atoms with van der Waals surface area (Å²) in [6.07, 6.45) is 2.16. The maximum Gasteiger partial charge on any atom is 0.220 e.